The molecule has 0 saturated carbocycles. The monoisotopic (exact) mass is 811 g/mol. The molecule has 9 heteroatoms. The minimum atomic E-state index is -1.56. The molecular formula is C49H78O9. The number of esters is 1. The smallest absolute Gasteiger partial charge is 0.306 e. The molecule has 328 valence electrons. The van der Waals surface area contributed by atoms with Crippen LogP contribution in [0.1, 0.15) is 129 Å². The second-order valence-electron chi connectivity index (χ2n) is 14.4. The molecule has 9 nitrogen and oxygen atoms in total. The van der Waals surface area contributed by atoms with E-state index < -0.39 is 43.4 Å². The number of carbonyl (C=O) groups excluding carboxylic acids is 1. The Labute approximate surface area is 351 Å². The third kappa shape index (κ3) is 30.0. The zero-order chi connectivity index (χ0) is 42.2. The van der Waals surface area contributed by atoms with Gasteiger partial charge < -0.3 is 39.4 Å². The van der Waals surface area contributed by atoms with Gasteiger partial charge in [-0.05, 0) is 96.3 Å². The Morgan fingerprint density at radius 1 is 0.552 bits per heavy atom. The summed E-state index contributed by atoms with van der Waals surface area (Å²) in [6.45, 7) is 4.17. The quantitative estimate of drug-likeness (QED) is 0.0280. The summed E-state index contributed by atoms with van der Waals surface area (Å²) in [4.78, 5) is 12.7. The van der Waals surface area contributed by atoms with Crippen LogP contribution < -0.4 is 0 Å². The van der Waals surface area contributed by atoms with E-state index in [1.807, 2.05) is 0 Å². The van der Waals surface area contributed by atoms with E-state index in [0.717, 1.165) is 103 Å². The highest BCUT2D eigenvalue weighted by Crippen LogP contribution is 2.22. The van der Waals surface area contributed by atoms with Crippen molar-refractivity contribution >= 4 is 5.97 Å². The predicted octanol–water partition coefficient (Wildman–Crippen LogP) is 9.80. The maximum Gasteiger partial charge on any atom is 0.306 e. The summed E-state index contributed by atoms with van der Waals surface area (Å²) in [5.74, 6) is -0.361. The molecule has 4 N–H and O–H groups in total. The fourth-order valence-electron chi connectivity index (χ4n) is 5.80. The van der Waals surface area contributed by atoms with Gasteiger partial charge in [0.2, 0.25) is 0 Å². The maximum atomic E-state index is 12.7. The van der Waals surface area contributed by atoms with E-state index in [1.54, 1.807) is 0 Å². The van der Waals surface area contributed by atoms with Gasteiger partial charge in [0.25, 0.3) is 0 Å². The van der Waals surface area contributed by atoms with Gasteiger partial charge in [-0.1, -0.05) is 136 Å². The van der Waals surface area contributed by atoms with Gasteiger partial charge in [0.05, 0.1) is 19.8 Å². The standard InChI is InChI=1S/C49H78O9/c1-3-5-7-9-11-13-15-17-18-19-20-21-22-23-24-25-27-29-31-33-35-37-39-55-41-43(42-56-49-48(54)47(53)46(52)44(40-50)58-49)57-45(51)38-36-34-32-30-28-26-16-14-12-10-8-6-4-2/h5-8,11-14,17-18,20-21,23-24,26-29,43-44,46-50,52-54H,3-4,9-10,15-16,19,22,25,30-42H2,1-2H3/b7-5-,8-6-,13-11-,14-12-,18-17-,21-20-,24-23-,28-26-,29-27-. The molecule has 0 spiro atoms. The first kappa shape index (κ1) is 52.9. The highest BCUT2D eigenvalue weighted by atomic mass is 16.7. The number of hydrogen-bond donors (Lipinski definition) is 4. The number of allylic oxidation sites excluding steroid dienone is 18. The number of aliphatic hydroxyl groups excluding tert-OH is 4. The van der Waals surface area contributed by atoms with E-state index in [0.29, 0.717) is 13.0 Å². The first-order valence-electron chi connectivity index (χ1n) is 22.0. The minimum Gasteiger partial charge on any atom is -0.457 e. The summed E-state index contributed by atoms with van der Waals surface area (Å²) in [7, 11) is 0. The van der Waals surface area contributed by atoms with Crippen LogP contribution in [0.4, 0.5) is 0 Å². The number of hydrogen-bond acceptors (Lipinski definition) is 9. The number of aliphatic hydroxyl groups is 4. The molecular weight excluding hydrogens is 733 g/mol. The zero-order valence-electron chi connectivity index (χ0n) is 35.7. The molecule has 1 fully saturated rings. The van der Waals surface area contributed by atoms with Crippen molar-refractivity contribution in [3.63, 3.8) is 0 Å². The van der Waals surface area contributed by atoms with Gasteiger partial charge in [-0.2, -0.15) is 0 Å². The largest absolute Gasteiger partial charge is 0.457 e. The third-order valence-corrected chi connectivity index (χ3v) is 9.18. The Morgan fingerprint density at radius 3 is 1.47 bits per heavy atom. The van der Waals surface area contributed by atoms with Gasteiger partial charge in [0.15, 0.2) is 6.29 Å². The molecule has 0 bridgehead atoms. The molecule has 0 radical (unpaired) electrons. The normalized spacial score (nSPS) is 21.4. The Kier molecular flexibility index (Phi) is 35.8. The highest BCUT2D eigenvalue weighted by molar-refractivity contribution is 5.69. The van der Waals surface area contributed by atoms with Crippen molar-refractivity contribution in [1.29, 1.82) is 0 Å². The molecule has 0 aromatic heterocycles. The van der Waals surface area contributed by atoms with Crippen molar-refractivity contribution in [3.05, 3.63) is 109 Å². The van der Waals surface area contributed by atoms with Crippen LogP contribution in [0.2, 0.25) is 0 Å². The first-order valence-corrected chi connectivity index (χ1v) is 22.0. The van der Waals surface area contributed by atoms with Crippen LogP contribution in [0.15, 0.2) is 109 Å². The second-order valence-corrected chi connectivity index (χ2v) is 14.4. The van der Waals surface area contributed by atoms with Gasteiger partial charge in [-0.25, -0.2) is 0 Å². The fraction of sp³-hybridized carbons (Fsp3) is 0.612. The molecule has 0 amide bonds. The summed E-state index contributed by atoms with van der Waals surface area (Å²) >= 11 is 0. The van der Waals surface area contributed by atoms with Crippen LogP contribution in [0, 0.1) is 0 Å². The van der Waals surface area contributed by atoms with Gasteiger partial charge in [0.1, 0.15) is 30.5 Å². The lowest BCUT2D eigenvalue weighted by molar-refractivity contribution is -0.305. The van der Waals surface area contributed by atoms with E-state index >= 15 is 0 Å². The van der Waals surface area contributed by atoms with E-state index in [2.05, 4.69) is 123 Å². The van der Waals surface area contributed by atoms with Gasteiger partial charge in [-0.15, -0.1) is 0 Å². The molecule has 6 atom stereocenters. The Hall–Kier alpha value is -3.15. The predicted molar refractivity (Wildman–Crippen MR) is 237 cm³/mol. The number of carbonyl (C=O) groups is 1. The van der Waals surface area contributed by atoms with Gasteiger partial charge in [-0.3, -0.25) is 4.79 Å². The number of unbranched alkanes of at least 4 members (excludes halogenated alkanes) is 6. The number of rotatable bonds is 35. The maximum absolute atomic E-state index is 12.7. The van der Waals surface area contributed by atoms with Crippen molar-refractivity contribution < 1.29 is 44.2 Å². The lowest BCUT2D eigenvalue weighted by atomic mass is 9.99. The highest BCUT2D eigenvalue weighted by Gasteiger charge is 2.44. The molecule has 58 heavy (non-hydrogen) atoms. The van der Waals surface area contributed by atoms with Gasteiger partial charge in [0, 0.05) is 13.0 Å². The first-order chi connectivity index (χ1) is 28.4. The Bertz CT molecular complexity index is 1240. The van der Waals surface area contributed by atoms with Gasteiger partial charge >= 0.3 is 5.97 Å². The zero-order valence-corrected chi connectivity index (χ0v) is 35.7. The van der Waals surface area contributed by atoms with E-state index in [-0.39, 0.29) is 25.6 Å². The van der Waals surface area contributed by atoms with Crippen molar-refractivity contribution in [3.8, 4) is 0 Å². The molecule has 0 aromatic carbocycles. The SMILES string of the molecule is CC/C=C\C/C=C\C/C=C\C/C=C\C/C=C\C/C=C\CCCCCOCC(COC1OC(CO)C(O)C(O)C1O)OC(=O)CCCCC/C=C\C/C=C\C/C=C\CC. The average Bonchev–Trinajstić information content (AvgIpc) is 3.22. The average molecular weight is 811 g/mol. The van der Waals surface area contributed by atoms with Crippen LogP contribution in [0.5, 0.6) is 0 Å². The van der Waals surface area contributed by atoms with E-state index in [1.165, 1.54) is 0 Å². The summed E-state index contributed by atoms with van der Waals surface area (Å²) in [5.41, 5.74) is 0. The molecule has 1 rings (SSSR count). The van der Waals surface area contributed by atoms with Crippen LogP contribution in [-0.2, 0) is 23.7 Å². The van der Waals surface area contributed by atoms with E-state index in [9.17, 15) is 25.2 Å². The minimum absolute atomic E-state index is 0.102. The lowest BCUT2D eigenvalue weighted by Gasteiger charge is -2.39. The van der Waals surface area contributed by atoms with Crippen molar-refractivity contribution in [2.75, 3.05) is 26.4 Å². The molecule has 6 unspecified atom stereocenters. The molecule has 1 aliphatic heterocycles. The van der Waals surface area contributed by atoms with Crippen LogP contribution in [0.25, 0.3) is 0 Å². The number of ether oxygens (including phenoxy) is 4. The van der Waals surface area contributed by atoms with E-state index in [4.69, 9.17) is 18.9 Å². The summed E-state index contributed by atoms with van der Waals surface area (Å²) in [6, 6.07) is 0. The second kappa shape index (κ2) is 39.3. The summed E-state index contributed by atoms with van der Waals surface area (Å²) in [5, 5.41) is 40.1. The summed E-state index contributed by atoms with van der Waals surface area (Å²) < 4.78 is 22.7. The molecule has 0 aliphatic carbocycles. The van der Waals surface area contributed by atoms with Crippen LogP contribution >= 0.6 is 0 Å². The molecule has 1 aliphatic rings. The molecule has 1 saturated heterocycles. The van der Waals surface area contributed by atoms with Crippen LogP contribution in [0.3, 0.4) is 0 Å². The van der Waals surface area contributed by atoms with Crippen molar-refractivity contribution in [1.82, 2.24) is 0 Å². The van der Waals surface area contributed by atoms with Crippen molar-refractivity contribution in [2.45, 2.75) is 166 Å². The Balaban J connectivity index is 2.32. The van der Waals surface area contributed by atoms with Crippen LogP contribution in [-0.4, -0.2) is 89.6 Å². The Morgan fingerprint density at radius 2 is 1.00 bits per heavy atom. The molecule has 1 heterocycles. The van der Waals surface area contributed by atoms with Crippen molar-refractivity contribution in [2.24, 2.45) is 0 Å². The summed E-state index contributed by atoms with van der Waals surface area (Å²) in [6.07, 6.45) is 48.3. The molecule has 0 aromatic rings. The third-order valence-electron chi connectivity index (χ3n) is 9.18. The fourth-order valence-corrected chi connectivity index (χ4v) is 5.80. The lowest BCUT2D eigenvalue weighted by Crippen LogP contribution is -2.59. The topological polar surface area (TPSA) is 135 Å².